The molecule has 2 aromatic carbocycles. The third-order valence-electron chi connectivity index (χ3n) is 6.45. The SMILES string of the molecule is c1ccc(CN2CCCOC(CN3CCN(Cc4ccc5c(c4)OCO5)CC3)C2)cc1. The number of hydrogen-bond donors (Lipinski definition) is 0. The Bertz CT molecular complexity index is 839. The topological polar surface area (TPSA) is 37.4 Å². The second-order valence-corrected chi connectivity index (χ2v) is 8.83. The molecule has 3 aliphatic heterocycles. The third kappa shape index (κ3) is 5.57. The van der Waals surface area contributed by atoms with E-state index in [-0.39, 0.29) is 0 Å². The zero-order chi connectivity index (χ0) is 20.9. The monoisotopic (exact) mass is 423 g/mol. The first-order chi connectivity index (χ1) is 15.3. The van der Waals surface area contributed by atoms with Crippen LogP contribution in [0.1, 0.15) is 17.5 Å². The van der Waals surface area contributed by atoms with Crippen molar-refractivity contribution in [1.29, 1.82) is 0 Å². The average molecular weight is 424 g/mol. The van der Waals surface area contributed by atoms with Crippen molar-refractivity contribution in [2.45, 2.75) is 25.6 Å². The first-order valence-corrected chi connectivity index (χ1v) is 11.5. The Hall–Kier alpha value is -2.12. The fraction of sp³-hybridized carbons (Fsp3) is 0.520. The van der Waals surface area contributed by atoms with Crippen LogP contribution in [0, 0.1) is 0 Å². The van der Waals surface area contributed by atoms with E-state index < -0.39 is 0 Å². The minimum atomic E-state index is 0.298. The maximum Gasteiger partial charge on any atom is 0.231 e. The van der Waals surface area contributed by atoms with Gasteiger partial charge in [-0.2, -0.15) is 0 Å². The van der Waals surface area contributed by atoms with Crippen molar-refractivity contribution in [2.24, 2.45) is 0 Å². The van der Waals surface area contributed by atoms with Gasteiger partial charge in [0.15, 0.2) is 11.5 Å². The van der Waals surface area contributed by atoms with Gasteiger partial charge in [0.25, 0.3) is 0 Å². The summed E-state index contributed by atoms with van der Waals surface area (Å²) in [5, 5.41) is 0. The van der Waals surface area contributed by atoms with E-state index in [0.29, 0.717) is 12.9 Å². The molecule has 5 rings (SSSR count). The van der Waals surface area contributed by atoms with Crippen molar-refractivity contribution in [1.82, 2.24) is 14.7 Å². The van der Waals surface area contributed by atoms with E-state index in [1.165, 1.54) is 11.1 Å². The van der Waals surface area contributed by atoms with Gasteiger partial charge < -0.3 is 14.2 Å². The first kappa shape index (κ1) is 20.8. The van der Waals surface area contributed by atoms with Crippen LogP contribution in [0.25, 0.3) is 0 Å². The molecular weight excluding hydrogens is 390 g/mol. The number of hydrogen-bond acceptors (Lipinski definition) is 6. The van der Waals surface area contributed by atoms with Gasteiger partial charge in [-0.05, 0) is 29.7 Å². The number of benzene rings is 2. The summed E-state index contributed by atoms with van der Waals surface area (Å²) in [6.45, 7) is 10.8. The second kappa shape index (κ2) is 10.0. The molecule has 0 spiro atoms. The average Bonchev–Trinajstić information content (AvgIpc) is 3.15. The van der Waals surface area contributed by atoms with E-state index in [4.69, 9.17) is 14.2 Å². The molecule has 0 aromatic heterocycles. The zero-order valence-electron chi connectivity index (χ0n) is 18.2. The Morgan fingerprint density at radius 3 is 2.39 bits per heavy atom. The van der Waals surface area contributed by atoms with Crippen LogP contribution in [-0.4, -0.2) is 80.0 Å². The summed E-state index contributed by atoms with van der Waals surface area (Å²) in [6, 6.07) is 17.1. The highest BCUT2D eigenvalue weighted by Gasteiger charge is 2.24. The van der Waals surface area contributed by atoms with Crippen LogP contribution in [0.15, 0.2) is 48.5 Å². The van der Waals surface area contributed by atoms with E-state index in [0.717, 1.165) is 83.4 Å². The Morgan fingerprint density at radius 1 is 0.742 bits per heavy atom. The molecule has 2 fully saturated rings. The molecule has 0 radical (unpaired) electrons. The summed E-state index contributed by atoms with van der Waals surface area (Å²) in [7, 11) is 0. The lowest BCUT2D eigenvalue weighted by atomic mass is 10.1. The molecule has 0 bridgehead atoms. The quantitative estimate of drug-likeness (QED) is 0.711. The van der Waals surface area contributed by atoms with Gasteiger partial charge in [-0.3, -0.25) is 14.7 Å². The van der Waals surface area contributed by atoms with E-state index in [9.17, 15) is 0 Å². The molecular formula is C25H33N3O3. The van der Waals surface area contributed by atoms with Crippen LogP contribution in [0.2, 0.25) is 0 Å². The molecule has 1 atom stereocenters. The van der Waals surface area contributed by atoms with Gasteiger partial charge in [-0.25, -0.2) is 0 Å². The maximum absolute atomic E-state index is 6.22. The van der Waals surface area contributed by atoms with Gasteiger partial charge >= 0.3 is 0 Å². The van der Waals surface area contributed by atoms with Crippen molar-refractivity contribution >= 4 is 0 Å². The molecule has 31 heavy (non-hydrogen) atoms. The summed E-state index contributed by atoms with van der Waals surface area (Å²) >= 11 is 0. The molecule has 0 N–H and O–H groups in total. The molecule has 6 heteroatoms. The van der Waals surface area contributed by atoms with Gasteiger partial charge in [-0.1, -0.05) is 36.4 Å². The predicted molar refractivity (Wildman–Crippen MR) is 120 cm³/mol. The molecule has 6 nitrogen and oxygen atoms in total. The predicted octanol–water partition coefficient (Wildman–Crippen LogP) is 2.82. The van der Waals surface area contributed by atoms with E-state index in [1.807, 2.05) is 6.07 Å². The van der Waals surface area contributed by atoms with Gasteiger partial charge in [-0.15, -0.1) is 0 Å². The Kier molecular flexibility index (Phi) is 6.70. The summed E-state index contributed by atoms with van der Waals surface area (Å²) in [4.78, 5) is 7.67. The van der Waals surface area contributed by atoms with Gasteiger partial charge in [0.1, 0.15) is 0 Å². The minimum Gasteiger partial charge on any atom is -0.454 e. The highest BCUT2D eigenvalue weighted by Crippen LogP contribution is 2.32. The fourth-order valence-electron chi connectivity index (χ4n) is 4.78. The molecule has 0 amide bonds. The fourth-order valence-corrected chi connectivity index (χ4v) is 4.78. The summed E-state index contributed by atoms with van der Waals surface area (Å²) in [5.74, 6) is 1.74. The lowest BCUT2D eigenvalue weighted by molar-refractivity contribution is 0.0123. The van der Waals surface area contributed by atoms with Crippen LogP contribution in [-0.2, 0) is 17.8 Å². The number of nitrogens with zero attached hydrogens (tertiary/aromatic N) is 3. The Balaban J connectivity index is 1.09. The Morgan fingerprint density at radius 2 is 1.52 bits per heavy atom. The van der Waals surface area contributed by atoms with E-state index in [1.54, 1.807) is 0 Å². The number of fused-ring (bicyclic) bond motifs is 1. The molecule has 2 aromatic rings. The summed E-state index contributed by atoms with van der Waals surface area (Å²) < 4.78 is 17.2. The van der Waals surface area contributed by atoms with E-state index in [2.05, 4.69) is 57.2 Å². The molecule has 3 aliphatic rings. The largest absolute Gasteiger partial charge is 0.454 e. The summed E-state index contributed by atoms with van der Waals surface area (Å²) in [5.41, 5.74) is 2.68. The van der Waals surface area contributed by atoms with Crippen LogP contribution in [0.4, 0.5) is 0 Å². The van der Waals surface area contributed by atoms with Crippen molar-refractivity contribution in [3.63, 3.8) is 0 Å². The second-order valence-electron chi connectivity index (χ2n) is 8.83. The normalized spacial score (nSPS) is 23.0. The smallest absolute Gasteiger partial charge is 0.231 e. The first-order valence-electron chi connectivity index (χ1n) is 11.5. The van der Waals surface area contributed by atoms with Gasteiger partial charge in [0, 0.05) is 65.5 Å². The van der Waals surface area contributed by atoms with Gasteiger partial charge in [0.2, 0.25) is 6.79 Å². The molecule has 2 saturated heterocycles. The van der Waals surface area contributed by atoms with Crippen molar-refractivity contribution in [2.75, 3.05) is 59.2 Å². The third-order valence-corrected chi connectivity index (χ3v) is 6.45. The number of piperazine rings is 1. The van der Waals surface area contributed by atoms with Crippen molar-refractivity contribution in [3.05, 3.63) is 59.7 Å². The maximum atomic E-state index is 6.22. The summed E-state index contributed by atoms with van der Waals surface area (Å²) in [6.07, 6.45) is 1.42. The number of ether oxygens (including phenoxy) is 3. The minimum absolute atomic E-state index is 0.298. The highest BCUT2D eigenvalue weighted by molar-refractivity contribution is 5.44. The molecule has 1 unspecified atom stereocenters. The molecule has 3 heterocycles. The highest BCUT2D eigenvalue weighted by atomic mass is 16.7. The van der Waals surface area contributed by atoms with Crippen LogP contribution in [0.3, 0.4) is 0 Å². The van der Waals surface area contributed by atoms with E-state index >= 15 is 0 Å². The lowest BCUT2D eigenvalue weighted by Gasteiger charge is -2.36. The van der Waals surface area contributed by atoms with Crippen LogP contribution < -0.4 is 9.47 Å². The van der Waals surface area contributed by atoms with Crippen LogP contribution >= 0.6 is 0 Å². The lowest BCUT2D eigenvalue weighted by Crippen LogP contribution is -2.49. The molecule has 166 valence electrons. The standard InChI is InChI=1S/C25H33N3O3/c1-2-5-21(6-3-1)16-28-9-4-14-29-23(19-28)18-27-12-10-26(11-13-27)17-22-7-8-24-25(15-22)31-20-30-24/h1-3,5-8,15,23H,4,9-14,16-20H2. The van der Waals surface area contributed by atoms with Crippen molar-refractivity contribution in [3.8, 4) is 11.5 Å². The zero-order valence-corrected chi connectivity index (χ0v) is 18.2. The number of rotatable bonds is 6. The molecule has 0 saturated carbocycles. The van der Waals surface area contributed by atoms with Crippen molar-refractivity contribution < 1.29 is 14.2 Å². The molecule has 0 aliphatic carbocycles. The Labute approximate surface area is 185 Å². The van der Waals surface area contributed by atoms with Gasteiger partial charge in [0.05, 0.1) is 6.10 Å². The van der Waals surface area contributed by atoms with Crippen LogP contribution in [0.5, 0.6) is 11.5 Å².